The molecule has 2 nitrogen and oxygen atoms in total. The van der Waals surface area contributed by atoms with Crippen LogP contribution in [0.1, 0.15) is 26.7 Å². The van der Waals surface area contributed by atoms with Crippen molar-refractivity contribution in [2.24, 2.45) is 11.1 Å². The molecule has 0 rings (SSSR count). The van der Waals surface area contributed by atoms with E-state index in [2.05, 4.69) is 32.8 Å². The van der Waals surface area contributed by atoms with Gasteiger partial charge in [-0.25, -0.2) is 0 Å². The molecule has 11 heavy (non-hydrogen) atoms. The van der Waals surface area contributed by atoms with Crippen LogP contribution in [0.2, 0.25) is 0 Å². The molecule has 0 saturated heterocycles. The highest BCUT2D eigenvalue weighted by Gasteiger charge is 2.21. The first-order chi connectivity index (χ1) is 5.04. The van der Waals surface area contributed by atoms with Crippen molar-refractivity contribution in [1.29, 1.82) is 0 Å². The molecule has 1 unspecified atom stereocenters. The second-order valence-electron chi connectivity index (χ2n) is 4.00. The fourth-order valence-corrected chi connectivity index (χ4v) is 1.61. The van der Waals surface area contributed by atoms with E-state index in [-0.39, 0.29) is 0 Å². The summed E-state index contributed by atoms with van der Waals surface area (Å²) in [5, 5.41) is 0. The Kier molecular flexibility index (Phi) is 4.69. The number of hydrogen-bond acceptors (Lipinski definition) is 2. The normalized spacial score (nSPS) is 16.9. The average Bonchev–Trinajstić information content (AvgIpc) is 1.87. The molecular formula is C9H22N2. The molecule has 68 valence electrons. The summed E-state index contributed by atoms with van der Waals surface area (Å²) in [4.78, 5) is 2.21. The molecule has 0 radical (unpaired) electrons. The van der Waals surface area contributed by atoms with Gasteiger partial charge in [0.25, 0.3) is 0 Å². The summed E-state index contributed by atoms with van der Waals surface area (Å²) in [6.07, 6.45) is 2.45. The van der Waals surface area contributed by atoms with Crippen LogP contribution in [-0.2, 0) is 0 Å². The van der Waals surface area contributed by atoms with Gasteiger partial charge in [-0.3, -0.25) is 0 Å². The maximum absolute atomic E-state index is 5.71. The smallest absolute Gasteiger partial charge is 0.00413 e. The van der Waals surface area contributed by atoms with E-state index in [1.807, 2.05) is 0 Å². The molecule has 0 aliphatic heterocycles. The minimum atomic E-state index is 0.318. The zero-order chi connectivity index (χ0) is 8.91. The SMILES string of the molecule is CCCC(C)(CN)CN(C)C. The van der Waals surface area contributed by atoms with Gasteiger partial charge in [-0.1, -0.05) is 20.3 Å². The lowest BCUT2D eigenvalue weighted by molar-refractivity contribution is 0.209. The minimum absolute atomic E-state index is 0.318. The Bertz CT molecular complexity index is 102. The third kappa shape index (κ3) is 4.38. The van der Waals surface area contributed by atoms with E-state index < -0.39 is 0 Å². The Labute approximate surface area is 70.8 Å². The molecule has 2 heteroatoms. The van der Waals surface area contributed by atoms with Crippen molar-refractivity contribution < 1.29 is 0 Å². The van der Waals surface area contributed by atoms with Crippen molar-refractivity contribution in [3.05, 3.63) is 0 Å². The minimum Gasteiger partial charge on any atom is -0.330 e. The highest BCUT2D eigenvalue weighted by molar-refractivity contribution is 4.76. The molecule has 0 aliphatic carbocycles. The molecular weight excluding hydrogens is 136 g/mol. The van der Waals surface area contributed by atoms with Crippen molar-refractivity contribution in [3.8, 4) is 0 Å². The lowest BCUT2D eigenvalue weighted by Gasteiger charge is -2.30. The summed E-state index contributed by atoms with van der Waals surface area (Å²) >= 11 is 0. The lowest BCUT2D eigenvalue weighted by Crippen LogP contribution is -2.37. The number of hydrogen-bond donors (Lipinski definition) is 1. The van der Waals surface area contributed by atoms with E-state index in [0.29, 0.717) is 5.41 Å². The highest BCUT2D eigenvalue weighted by Crippen LogP contribution is 2.21. The molecule has 0 fully saturated rings. The van der Waals surface area contributed by atoms with Crippen LogP contribution in [-0.4, -0.2) is 32.1 Å². The van der Waals surface area contributed by atoms with Gasteiger partial charge >= 0.3 is 0 Å². The van der Waals surface area contributed by atoms with Crippen LogP contribution < -0.4 is 5.73 Å². The Morgan fingerprint density at radius 1 is 1.36 bits per heavy atom. The summed E-state index contributed by atoms with van der Waals surface area (Å²) < 4.78 is 0. The Morgan fingerprint density at radius 2 is 1.91 bits per heavy atom. The van der Waals surface area contributed by atoms with Gasteiger partial charge in [0.05, 0.1) is 0 Å². The maximum atomic E-state index is 5.71. The van der Waals surface area contributed by atoms with E-state index in [4.69, 9.17) is 5.73 Å². The van der Waals surface area contributed by atoms with Gasteiger partial charge in [0.1, 0.15) is 0 Å². The van der Waals surface area contributed by atoms with Crippen LogP contribution >= 0.6 is 0 Å². The van der Waals surface area contributed by atoms with Gasteiger partial charge < -0.3 is 10.6 Å². The average molecular weight is 158 g/mol. The first-order valence-electron chi connectivity index (χ1n) is 4.39. The van der Waals surface area contributed by atoms with Crippen LogP contribution in [0, 0.1) is 5.41 Å². The monoisotopic (exact) mass is 158 g/mol. The first kappa shape index (κ1) is 10.9. The summed E-state index contributed by atoms with van der Waals surface area (Å²) in [6, 6.07) is 0. The Morgan fingerprint density at radius 3 is 2.18 bits per heavy atom. The van der Waals surface area contributed by atoms with Gasteiger partial charge in [0.2, 0.25) is 0 Å². The molecule has 0 aliphatic rings. The largest absolute Gasteiger partial charge is 0.330 e. The van der Waals surface area contributed by atoms with Crippen molar-refractivity contribution in [2.75, 3.05) is 27.2 Å². The molecule has 2 N–H and O–H groups in total. The molecule has 0 spiro atoms. The van der Waals surface area contributed by atoms with Crippen LogP contribution in [0.25, 0.3) is 0 Å². The molecule has 0 bridgehead atoms. The van der Waals surface area contributed by atoms with E-state index in [0.717, 1.165) is 13.1 Å². The van der Waals surface area contributed by atoms with Gasteiger partial charge in [-0.05, 0) is 32.5 Å². The summed E-state index contributed by atoms with van der Waals surface area (Å²) in [7, 11) is 4.20. The van der Waals surface area contributed by atoms with Gasteiger partial charge in [0, 0.05) is 6.54 Å². The Hall–Kier alpha value is -0.0800. The van der Waals surface area contributed by atoms with E-state index in [9.17, 15) is 0 Å². The molecule has 0 amide bonds. The fourth-order valence-electron chi connectivity index (χ4n) is 1.61. The van der Waals surface area contributed by atoms with Gasteiger partial charge in [-0.15, -0.1) is 0 Å². The second-order valence-corrected chi connectivity index (χ2v) is 4.00. The molecule has 1 atom stereocenters. The van der Waals surface area contributed by atoms with Crippen molar-refractivity contribution >= 4 is 0 Å². The van der Waals surface area contributed by atoms with Crippen LogP contribution in [0.4, 0.5) is 0 Å². The Balaban J connectivity index is 3.87. The lowest BCUT2D eigenvalue weighted by atomic mass is 9.85. The molecule has 0 aromatic heterocycles. The molecule has 0 aromatic carbocycles. The maximum Gasteiger partial charge on any atom is 0.00413 e. The van der Waals surface area contributed by atoms with Crippen molar-refractivity contribution in [2.45, 2.75) is 26.7 Å². The predicted octanol–water partition coefficient (Wildman–Crippen LogP) is 1.31. The summed E-state index contributed by atoms with van der Waals surface area (Å²) in [6.45, 7) is 6.36. The fraction of sp³-hybridized carbons (Fsp3) is 1.00. The third-order valence-corrected chi connectivity index (χ3v) is 2.04. The summed E-state index contributed by atoms with van der Waals surface area (Å²) in [5.41, 5.74) is 6.03. The highest BCUT2D eigenvalue weighted by atomic mass is 15.1. The van der Waals surface area contributed by atoms with E-state index in [1.54, 1.807) is 0 Å². The molecule has 0 saturated carbocycles. The molecule has 0 heterocycles. The topological polar surface area (TPSA) is 29.3 Å². The number of nitrogens with zero attached hydrogens (tertiary/aromatic N) is 1. The van der Waals surface area contributed by atoms with Crippen molar-refractivity contribution in [3.63, 3.8) is 0 Å². The zero-order valence-corrected chi connectivity index (χ0v) is 8.35. The predicted molar refractivity (Wildman–Crippen MR) is 50.6 cm³/mol. The molecule has 0 aromatic rings. The number of rotatable bonds is 5. The quantitative estimate of drug-likeness (QED) is 0.653. The van der Waals surface area contributed by atoms with Crippen LogP contribution in [0.5, 0.6) is 0 Å². The number of nitrogens with two attached hydrogens (primary N) is 1. The summed E-state index contributed by atoms with van der Waals surface area (Å²) in [5.74, 6) is 0. The van der Waals surface area contributed by atoms with Crippen molar-refractivity contribution in [1.82, 2.24) is 4.90 Å². The van der Waals surface area contributed by atoms with E-state index in [1.165, 1.54) is 12.8 Å². The third-order valence-electron chi connectivity index (χ3n) is 2.04. The first-order valence-corrected chi connectivity index (χ1v) is 4.39. The van der Waals surface area contributed by atoms with Gasteiger partial charge in [0.15, 0.2) is 0 Å². The van der Waals surface area contributed by atoms with Crippen LogP contribution in [0.15, 0.2) is 0 Å². The standard InChI is InChI=1S/C9H22N2/c1-5-6-9(2,7-10)8-11(3)4/h5-8,10H2,1-4H3. The van der Waals surface area contributed by atoms with E-state index >= 15 is 0 Å². The zero-order valence-electron chi connectivity index (χ0n) is 8.35. The van der Waals surface area contributed by atoms with Gasteiger partial charge in [-0.2, -0.15) is 0 Å². The second kappa shape index (κ2) is 4.73. The van der Waals surface area contributed by atoms with Crippen LogP contribution in [0.3, 0.4) is 0 Å².